The molecule has 0 radical (unpaired) electrons. The van der Waals surface area contributed by atoms with Gasteiger partial charge in [-0.1, -0.05) is 54.6 Å². The van der Waals surface area contributed by atoms with Crippen LogP contribution in [0.1, 0.15) is 40.1 Å². The second-order valence-corrected chi connectivity index (χ2v) is 8.02. The second-order valence-electron chi connectivity index (χ2n) is 8.02. The fourth-order valence-corrected chi connectivity index (χ4v) is 4.46. The standard InChI is InChI=1S/C27H25N3O3/c1-2-33-20-14-12-19(13-15-20)26-23-24(21-10-6-7-11-22(21)31)28-29-25(23)27(32)30(26)17-16-18-8-4-3-5-9-18/h3-15,26,31H,2,16-17H2,1H3,(H,28,29)/t26-/m0/s1. The van der Waals surface area contributed by atoms with Crippen LogP contribution in [0.3, 0.4) is 0 Å². The van der Waals surface area contributed by atoms with Crippen molar-refractivity contribution in [1.29, 1.82) is 0 Å². The van der Waals surface area contributed by atoms with E-state index in [9.17, 15) is 9.90 Å². The predicted octanol–water partition coefficient (Wildman–Crippen LogP) is 4.97. The number of para-hydroxylation sites is 1. The third-order valence-electron chi connectivity index (χ3n) is 6.01. The van der Waals surface area contributed by atoms with E-state index in [4.69, 9.17) is 4.74 Å². The van der Waals surface area contributed by atoms with Crippen molar-refractivity contribution in [3.8, 4) is 22.8 Å². The maximum Gasteiger partial charge on any atom is 0.273 e. The average molecular weight is 440 g/mol. The zero-order valence-corrected chi connectivity index (χ0v) is 18.4. The van der Waals surface area contributed by atoms with Crippen LogP contribution in [0.2, 0.25) is 0 Å². The van der Waals surface area contributed by atoms with Gasteiger partial charge in [0.1, 0.15) is 22.9 Å². The zero-order chi connectivity index (χ0) is 22.8. The van der Waals surface area contributed by atoms with Gasteiger partial charge in [0.25, 0.3) is 5.91 Å². The lowest BCUT2D eigenvalue weighted by Crippen LogP contribution is -2.31. The number of benzene rings is 3. The molecule has 0 fully saturated rings. The Bertz CT molecular complexity index is 1270. The van der Waals surface area contributed by atoms with Crippen molar-refractivity contribution in [3.63, 3.8) is 0 Å². The Morgan fingerprint density at radius 1 is 1.00 bits per heavy atom. The van der Waals surface area contributed by atoms with Crippen molar-refractivity contribution < 1.29 is 14.6 Å². The minimum absolute atomic E-state index is 0.0889. The highest BCUT2D eigenvalue weighted by Gasteiger charge is 2.42. The number of fused-ring (bicyclic) bond motifs is 1. The van der Waals surface area contributed by atoms with Gasteiger partial charge in [-0.05, 0) is 48.7 Å². The van der Waals surface area contributed by atoms with Crippen molar-refractivity contribution in [1.82, 2.24) is 15.1 Å². The molecule has 0 bridgehead atoms. The Morgan fingerprint density at radius 2 is 1.73 bits per heavy atom. The monoisotopic (exact) mass is 439 g/mol. The molecule has 33 heavy (non-hydrogen) atoms. The molecular weight excluding hydrogens is 414 g/mol. The number of phenols is 1. The summed E-state index contributed by atoms with van der Waals surface area (Å²) in [5.74, 6) is 0.830. The van der Waals surface area contributed by atoms with Crippen molar-refractivity contribution in [2.24, 2.45) is 0 Å². The summed E-state index contributed by atoms with van der Waals surface area (Å²) in [6.07, 6.45) is 0.740. The summed E-state index contributed by atoms with van der Waals surface area (Å²) in [6, 6.07) is 24.7. The first-order valence-electron chi connectivity index (χ1n) is 11.1. The molecule has 1 aliphatic heterocycles. The van der Waals surface area contributed by atoms with E-state index in [2.05, 4.69) is 22.3 Å². The van der Waals surface area contributed by atoms with E-state index in [-0.39, 0.29) is 17.7 Å². The maximum absolute atomic E-state index is 13.5. The first kappa shape index (κ1) is 20.8. The first-order valence-corrected chi connectivity index (χ1v) is 11.1. The normalized spacial score (nSPS) is 15.0. The van der Waals surface area contributed by atoms with E-state index in [1.54, 1.807) is 12.1 Å². The molecule has 1 aromatic heterocycles. The Labute approximate surface area is 192 Å². The SMILES string of the molecule is CCOc1ccc([C@H]2c3c(-c4ccccc4O)n[nH]c3C(=O)N2CCc2ccccc2)cc1. The van der Waals surface area contributed by atoms with Crippen LogP contribution in [-0.2, 0) is 6.42 Å². The fraction of sp³-hybridized carbons (Fsp3) is 0.185. The number of hydrogen-bond acceptors (Lipinski definition) is 4. The van der Waals surface area contributed by atoms with Gasteiger partial charge in [-0.3, -0.25) is 9.89 Å². The van der Waals surface area contributed by atoms with Gasteiger partial charge < -0.3 is 14.7 Å². The average Bonchev–Trinajstić information content (AvgIpc) is 3.38. The second kappa shape index (κ2) is 8.82. The lowest BCUT2D eigenvalue weighted by molar-refractivity contribution is 0.0746. The first-order chi connectivity index (χ1) is 16.2. The Balaban J connectivity index is 1.57. The Kier molecular flexibility index (Phi) is 5.57. The number of H-pyrrole nitrogens is 1. The molecule has 0 saturated heterocycles. The van der Waals surface area contributed by atoms with Crippen LogP contribution in [0.4, 0.5) is 0 Å². The van der Waals surface area contributed by atoms with Gasteiger partial charge in [-0.2, -0.15) is 5.10 Å². The number of nitrogens with zero attached hydrogens (tertiary/aromatic N) is 2. The molecule has 5 rings (SSSR count). The predicted molar refractivity (Wildman–Crippen MR) is 126 cm³/mol. The quantitative estimate of drug-likeness (QED) is 0.426. The Hall–Kier alpha value is -4.06. The number of nitrogens with one attached hydrogen (secondary N) is 1. The van der Waals surface area contributed by atoms with Gasteiger partial charge in [0.15, 0.2) is 0 Å². The molecular formula is C27H25N3O3. The highest BCUT2D eigenvalue weighted by molar-refractivity contribution is 6.00. The summed E-state index contributed by atoms with van der Waals surface area (Å²) in [4.78, 5) is 15.4. The molecule has 2 heterocycles. The molecule has 166 valence electrons. The largest absolute Gasteiger partial charge is 0.507 e. The fourth-order valence-electron chi connectivity index (χ4n) is 4.46. The van der Waals surface area contributed by atoms with E-state index < -0.39 is 0 Å². The molecule has 2 N–H and O–H groups in total. The molecule has 4 aromatic rings. The van der Waals surface area contributed by atoms with Crippen LogP contribution < -0.4 is 4.74 Å². The minimum Gasteiger partial charge on any atom is -0.507 e. The van der Waals surface area contributed by atoms with Crippen LogP contribution >= 0.6 is 0 Å². The molecule has 0 saturated carbocycles. The summed E-state index contributed by atoms with van der Waals surface area (Å²) >= 11 is 0. The molecule has 3 aromatic carbocycles. The summed E-state index contributed by atoms with van der Waals surface area (Å²) in [7, 11) is 0. The van der Waals surface area contributed by atoms with E-state index in [1.165, 1.54) is 5.56 Å². The topological polar surface area (TPSA) is 78.5 Å². The highest BCUT2D eigenvalue weighted by atomic mass is 16.5. The smallest absolute Gasteiger partial charge is 0.273 e. The van der Waals surface area contributed by atoms with Gasteiger partial charge in [-0.15, -0.1) is 0 Å². The minimum atomic E-state index is -0.319. The molecule has 0 aliphatic carbocycles. The van der Waals surface area contributed by atoms with Crippen LogP contribution in [0, 0.1) is 0 Å². The number of carbonyl (C=O) groups excluding carboxylic acids is 1. The summed E-state index contributed by atoms with van der Waals surface area (Å²) < 4.78 is 5.61. The van der Waals surface area contributed by atoms with Gasteiger partial charge in [0, 0.05) is 17.7 Å². The summed E-state index contributed by atoms with van der Waals surface area (Å²) in [5, 5.41) is 17.9. The maximum atomic E-state index is 13.5. The van der Waals surface area contributed by atoms with Crippen LogP contribution in [-0.4, -0.2) is 39.3 Å². The third-order valence-corrected chi connectivity index (χ3v) is 6.01. The molecule has 1 amide bonds. The van der Waals surface area contributed by atoms with Crippen molar-refractivity contribution in [2.45, 2.75) is 19.4 Å². The number of phenolic OH excluding ortho intramolecular Hbond substituents is 1. The third kappa shape index (κ3) is 3.84. The number of aromatic nitrogens is 2. The van der Waals surface area contributed by atoms with Gasteiger partial charge >= 0.3 is 0 Å². The van der Waals surface area contributed by atoms with Crippen molar-refractivity contribution in [3.05, 3.63) is 101 Å². The molecule has 1 atom stereocenters. The zero-order valence-electron chi connectivity index (χ0n) is 18.4. The number of ether oxygens (including phenoxy) is 1. The lowest BCUT2D eigenvalue weighted by Gasteiger charge is -2.26. The molecule has 1 aliphatic rings. The number of rotatable bonds is 7. The van der Waals surface area contributed by atoms with E-state index in [0.29, 0.717) is 30.1 Å². The summed E-state index contributed by atoms with van der Waals surface area (Å²) in [6.45, 7) is 3.10. The molecule has 6 nitrogen and oxygen atoms in total. The van der Waals surface area contributed by atoms with Crippen LogP contribution in [0.5, 0.6) is 11.5 Å². The number of aromatic hydroxyl groups is 1. The van der Waals surface area contributed by atoms with E-state index >= 15 is 0 Å². The Morgan fingerprint density at radius 3 is 2.45 bits per heavy atom. The lowest BCUT2D eigenvalue weighted by atomic mass is 9.95. The number of aromatic amines is 1. The van der Waals surface area contributed by atoms with Gasteiger partial charge in [-0.25, -0.2) is 0 Å². The van der Waals surface area contributed by atoms with Crippen LogP contribution in [0.25, 0.3) is 11.3 Å². The molecule has 0 spiro atoms. The van der Waals surface area contributed by atoms with Crippen molar-refractivity contribution in [2.75, 3.05) is 13.2 Å². The molecule has 0 unspecified atom stereocenters. The van der Waals surface area contributed by atoms with E-state index in [1.807, 2.05) is 66.4 Å². The number of carbonyl (C=O) groups is 1. The summed E-state index contributed by atoms with van der Waals surface area (Å²) in [5.41, 5.74) is 4.60. The number of hydrogen-bond donors (Lipinski definition) is 2. The van der Waals surface area contributed by atoms with Gasteiger partial charge in [0.2, 0.25) is 0 Å². The van der Waals surface area contributed by atoms with Crippen molar-refractivity contribution >= 4 is 5.91 Å². The van der Waals surface area contributed by atoms with Crippen LogP contribution in [0.15, 0.2) is 78.9 Å². The van der Waals surface area contributed by atoms with Gasteiger partial charge in [0.05, 0.1) is 12.6 Å². The van der Waals surface area contributed by atoms with E-state index in [0.717, 1.165) is 23.3 Å². The highest BCUT2D eigenvalue weighted by Crippen LogP contribution is 2.44. The molecule has 6 heteroatoms. The number of amides is 1.